The van der Waals surface area contributed by atoms with Gasteiger partial charge in [0.05, 0.1) is 12.1 Å². The quantitative estimate of drug-likeness (QED) is 0.569. The molecule has 188 valence electrons. The van der Waals surface area contributed by atoms with E-state index in [2.05, 4.69) is 16.0 Å². The average Bonchev–Trinajstić information content (AvgIpc) is 3.20. The van der Waals surface area contributed by atoms with Crippen LogP contribution >= 0.6 is 0 Å². The van der Waals surface area contributed by atoms with E-state index >= 15 is 0 Å². The minimum absolute atomic E-state index is 0.0751. The molecular formula is C26H28FN5O4. The smallest absolute Gasteiger partial charge is 0.321 e. The maximum absolute atomic E-state index is 13.0. The average molecular weight is 494 g/mol. The first kappa shape index (κ1) is 23.8. The molecule has 5 amide bonds. The lowest BCUT2D eigenvalue weighted by Gasteiger charge is -2.32. The Bertz CT molecular complexity index is 1210. The van der Waals surface area contributed by atoms with E-state index in [0.717, 1.165) is 36.2 Å². The lowest BCUT2D eigenvalue weighted by Crippen LogP contribution is -2.44. The fourth-order valence-corrected chi connectivity index (χ4v) is 5.13. The first-order valence-corrected chi connectivity index (χ1v) is 12.2. The Labute approximate surface area is 208 Å². The van der Waals surface area contributed by atoms with E-state index in [1.807, 2.05) is 11.0 Å². The Kier molecular flexibility index (Phi) is 6.58. The van der Waals surface area contributed by atoms with Gasteiger partial charge in [0.15, 0.2) is 0 Å². The number of piperidine rings is 1. The summed E-state index contributed by atoms with van der Waals surface area (Å²) in [6.07, 6.45) is 3.42. The van der Waals surface area contributed by atoms with Gasteiger partial charge in [0.2, 0.25) is 5.91 Å². The highest BCUT2D eigenvalue weighted by Crippen LogP contribution is 2.38. The molecule has 0 atom stereocenters. The van der Waals surface area contributed by atoms with Gasteiger partial charge in [-0.1, -0.05) is 0 Å². The van der Waals surface area contributed by atoms with E-state index < -0.39 is 11.8 Å². The molecule has 3 heterocycles. The second-order valence-electron chi connectivity index (χ2n) is 9.50. The van der Waals surface area contributed by atoms with Crippen LogP contribution in [-0.4, -0.2) is 54.8 Å². The maximum Gasteiger partial charge on any atom is 0.321 e. The van der Waals surface area contributed by atoms with Crippen LogP contribution in [0.1, 0.15) is 30.4 Å². The van der Waals surface area contributed by atoms with Crippen LogP contribution in [0.3, 0.4) is 0 Å². The van der Waals surface area contributed by atoms with Crippen molar-refractivity contribution in [3.8, 4) is 0 Å². The number of anilines is 3. The molecule has 1 saturated heterocycles. The highest BCUT2D eigenvalue weighted by Gasteiger charge is 2.32. The monoisotopic (exact) mass is 493 g/mol. The summed E-state index contributed by atoms with van der Waals surface area (Å²) in [5.74, 6) is -1.59. The summed E-state index contributed by atoms with van der Waals surface area (Å²) in [6, 6.07) is 8.97. The van der Waals surface area contributed by atoms with Crippen LogP contribution in [0.4, 0.5) is 26.2 Å². The number of carbonyl (C=O) groups excluding carboxylic acids is 4. The molecule has 3 aliphatic heterocycles. The summed E-state index contributed by atoms with van der Waals surface area (Å²) < 4.78 is 13.0. The van der Waals surface area contributed by atoms with Gasteiger partial charge < -0.3 is 25.8 Å². The molecule has 3 N–H and O–H groups in total. The van der Waals surface area contributed by atoms with Gasteiger partial charge in [-0.15, -0.1) is 0 Å². The predicted molar refractivity (Wildman–Crippen MR) is 132 cm³/mol. The highest BCUT2D eigenvalue weighted by atomic mass is 19.1. The van der Waals surface area contributed by atoms with Crippen LogP contribution in [0.5, 0.6) is 0 Å². The first-order valence-electron chi connectivity index (χ1n) is 12.2. The normalized spacial score (nSPS) is 17.0. The van der Waals surface area contributed by atoms with Gasteiger partial charge in [-0.2, -0.15) is 0 Å². The fraction of sp³-hybridized carbons (Fsp3) is 0.385. The number of urea groups is 1. The minimum Gasteiger partial charge on any atom is -0.348 e. The van der Waals surface area contributed by atoms with E-state index in [1.54, 1.807) is 11.0 Å². The number of hydrogen-bond acceptors (Lipinski definition) is 4. The Hall–Kier alpha value is -3.95. The molecule has 0 bridgehead atoms. The molecular weight excluding hydrogens is 465 g/mol. The van der Waals surface area contributed by atoms with Crippen LogP contribution < -0.4 is 20.9 Å². The summed E-state index contributed by atoms with van der Waals surface area (Å²) in [5, 5.41) is 8.12. The van der Waals surface area contributed by atoms with E-state index in [1.165, 1.54) is 24.3 Å². The van der Waals surface area contributed by atoms with Crippen molar-refractivity contribution in [2.75, 3.05) is 41.7 Å². The predicted octanol–water partition coefficient (Wildman–Crippen LogP) is 2.66. The SMILES string of the molecule is O=C(NCC1CCN(C(=O)Nc2ccc(F)cc2)CC1)C(=O)Nc1cc2c3c(c1)CC(=O)N3CCC2. The molecule has 9 nitrogen and oxygen atoms in total. The number of nitrogens with zero attached hydrogens (tertiary/aromatic N) is 2. The van der Waals surface area contributed by atoms with E-state index in [4.69, 9.17) is 0 Å². The van der Waals surface area contributed by atoms with Gasteiger partial charge in [-0.25, -0.2) is 9.18 Å². The Morgan fingerprint density at radius 3 is 2.39 bits per heavy atom. The molecule has 2 aromatic rings. The molecule has 0 saturated carbocycles. The maximum atomic E-state index is 13.0. The fourth-order valence-electron chi connectivity index (χ4n) is 5.13. The van der Waals surface area contributed by atoms with Gasteiger partial charge in [0, 0.05) is 37.6 Å². The van der Waals surface area contributed by atoms with E-state index in [-0.39, 0.29) is 23.7 Å². The molecule has 10 heteroatoms. The third-order valence-corrected chi connectivity index (χ3v) is 7.02. The van der Waals surface area contributed by atoms with E-state index in [0.29, 0.717) is 50.3 Å². The summed E-state index contributed by atoms with van der Waals surface area (Å²) in [5.41, 5.74) is 3.93. The molecule has 0 unspecified atom stereocenters. The Balaban J connectivity index is 1.08. The Morgan fingerprint density at radius 2 is 1.64 bits per heavy atom. The van der Waals surface area contributed by atoms with Gasteiger partial charge in [-0.05, 0) is 79.1 Å². The van der Waals surface area contributed by atoms with Gasteiger partial charge in [0.1, 0.15) is 5.82 Å². The molecule has 0 radical (unpaired) electrons. The zero-order valence-electron chi connectivity index (χ0n) is 19.8. The number of hydrogen-bond donors (Lipinski definition) is 3. The van der Waals surface area contributed by atoms with Crippen molar-refractivity contribution in [1.29, 1.82) is 0 Å². The molecule has 0 aromatic heterocycles. The summed E-state index contributed by atoms with van der Waals surface area (Å²) in [4.78, 5) is 53.0. The second kappa shape index (κ2) is 9.96. The van der Waals surface area contributed by atoms with Crippen molar-refractivity contribution in [2.24, 2.45) is 5.92 Å². The van der Waals surface area contributed by atoms with Crippen LogP contribution in [0.2, 0.25) is 0 Å². The van der Waals surface area contributed by atoms with Crippen LogP contribution in [0, 0.1) is 11.7 Å². The number of halogens is 1. The number of nitrogens with one attached hydrogen (secondary N) is 3. The van der Waals surface area contributed by atoms with Crippen molar-refractivity contribution < 1.29 is 23.6 Å². The molecule has 1 fully saturated rings. The van der Waals surface area contributed by atoms with Gasteiger partial charge in [-0.3, -0.25) is 14.4 Å². The standard InChI is InChI=1S/C26H28FN5O4/c27-19-3-5-20(6-4-19)30-26(36)31-10-7-16(8-11-31)15-28-24(34)25(35)29-21-12-17-2-1-9-32-22(33)14-18(13-21)23(17)32/h3-6,12-13,16H,1-2,7-11,14-15H2,(H,28,34)(H,29,35)(H,30,36). The molecule has 0 spiro atoms. The molecule has 36 heavy (non-hydrogen) atoms. The topological polar surface area (TPSA) is 111 Å². The lowest BCUT2D eigenvalue weighted by molar-refractivity contribution is -0.136. The summed E-state index contributed by atoms with van der Waals surface area (Å²) in [6.45, 7) is 2.12. The lowest BCUT2D eigenvalue weighted by atomic mass is 9.97. The molecule has 5 rings (SSSR count). The number of benzene rings is 2. The van der Waals surface area contributed by atoms with Crippen molar-refractivity contribution in [3.63, 3.8) is 0 Å². The molecule has 3 aliphatic rings. The molecule has 2 aromatic carbocycles. The van der Waals surface area contributed by atoms with Gasteiger partial charge >= 0.3 is 17.8 Å². The number of likely N-dealkylation sites (tertiary alicyclic amines) is 1. The first-order chi connectivity index (χ1) is 17.4. The van der Waals surface area contributed by atoms with Crippen LogP contribution in [-0.2, 0) is 27.2 Å². The van der Waals surface area contributed by atoms with E-state index in [9.17, 15) is 23.6 Å². The number of amides is 5. The number of carbonyl (C=O) groups is 4. The molecule has 0 aliphatic carbocycles. The third kappa shape index (κ3) is 5.02. The summed E-state index contributed by atoms with van der Waals surface area (Å²) >= 11 is 0. The number of aryl methyl sites for hydroxylation is 1. The van der Waals surface area contributed by atoms with Crippen molar-refractivity contribution in [2.45, 2.75) is 32.1 Å². The Morgan fingerprint density at radius 1 is 0.917 bits per heavy atom. The number of rotatable bonds is 4. The summed E-state index contributed by atoms with van der Waals surface area (Å²) in [7, 11) is 0. The zero-order chi connectivity index (χ0) is 25.2. The van der Waals surface area contributed by atoms with Crippen LogP contribution in [0.25, 0.3) is 0 Å². The largest absolute Gasteiger partial charge is 0.348 e. The minimum atomic E-state index is -0.741. The van der Waals surface area contributed by atoms with Gasteiger partial charge in [0.25, 0.3) is 0 Å². The van der Waals surface area contributed by atoms with Crippen molar-refractivity contribution in [3.05, 3.63) is 53.3 Å². The zero-order valence-corrected chi connectivity index (χ0v) is 19.8. The van der Waals surface area contributed by atoms with Crippen molar-refractivity contribution in [1.82, 2.24) is 10.2 Å². The highest BCUT2D eigenvalue weighted by molar-refractivity contribution is 6.39. The van der Waals surface area contributed by atoms with Crippen LogP contribution in [0.15, 0.2) is 36.4 Å². The van der Waals surface area contributed by atoms with Crippen molar-refractivity contribution >= 4 is 40.8 Å². The second-order valence-corrected chi connectivity index (χ2v) is 9.50. The third-order valence-electron chi connectivity index (χ3n) is 7.02.